The summed E-state index contributed by atoms with van der Waals surface area (Å²) < 4.78 is 0.533. The Morgan fingerprint density at radius 2 is 2.28 bits per heavy atom. The summed E-state index contributed by atoms with van der Waals surface area (Å²) >= 11 is 3.19. The average Bonchev–Trinajstić information content (AvgIpc) is 2.74. The van der Waals surface area contributed by atoms with Crippen LogP contribution in [0.5, 0.6) is 0 Å². The van der Waals surface area contributed by atoms with Gasteiger partial charge in [-0.1, -0.05) is 13.0 Å². The van der Waals surface area contributed by atoms with Gasteiger partial charge in [-0.05, 0) is 52.7 Å². The molecule has 0 heterocycles. The molecule has 1 aromatic rings. The fraction of sp³-hybridized carbons (Fsp3) is 0.538. The first-order valence-corrected chi connectivity index (χ1v) is 7.01. The standard InChI is InChI=1S/C13H17BrN2O2/c1-9-2-4-11(6-9)15-8-10-3-5-12(14)13(7-10)16(17)18/h3,5,7,9,11,15H,2,4,6,8H2,1H3. The van der Waals surface area contributed by atoms with Gasteiger partial charge in [0.05, 0.1) is 9.40 Å². The van der Waals surface area contributed by atoms with Crippen molar-refractivity contribution in [2.24, 2.45) is 5.92 Å². The van der Waals surface area contributed by atoms with Crippen LogP contribution in [0.25, 0.3) is 0 Å². The summed E-state index contributed by atoms with van der Waals surface area (Å²) in [5.74, 6) is 0.793. The zero-order valence-electron chi connectivity index (χ0n) is 10.4. The molecular formula is C13H17BrN2O2. The van der Waals surface area contributed by atoms with Crippen LogP contribution >= 0.6 is 15.9 Å². The molecule has 2 rings (SSSR count). The van der Waals surface area contributed by atoms with E-state index in [-0.39, 0.29) is 10.6 Å². The third kappa shape index (κ3) is 3.29. The van der Waals surface area contributed by atoms with Gasteiger partial charge in [0, 0.05) is 18.7 Å². The predicted molar refractivity (Wildman–Crippen MR) is 74.4 cm³/mol. The highest BCUT2D eigenvalue weighted by molar-refractivity contribution is 9.10. The van der Waals surface area contributed by atoms with Crippen LogP contribution in [0, 0.1) is 16.0 Å². The second kappa shape index (κ2) is 5.80. The van der Waals surface area contributed by atoms with Crippen LogP contribution in [0.3, 0.4) is 0 Å². The van der Waals surface area contributed by atoms with Gasteiger partial charge in [0.25, 0.3) is 5.69 Å². The van der Waals surface area contributed by atoms with Gasteiger partial charge in [0.1, 0.15) is 0 Å². The Labute approximate surface area is 115 Å². The molecule has 2 atom stereocenters. The van der Waals surface area contributed by atoms with Crippen molar-refractivity contribution in [3.05, 3.63) is 38.3 Å². The molecule has 98 valence electrons. The van der Waals surface area contributed by atoms with E-state index in [4.69, 9.17) is 0 Å². The highest BCUT2D eigenvalue weighted by atomic mass is 79.9. The maximum Gasteiger partial charge on any atom is 0.283 e. The van der Waals surface area contributed by atoms with Crippen molar-refractivity contribution in [2.45, 2.75) is 38.8 Å². The molecule has 0 spiro atoms. The highest BCUT2D eigenvalue weighted by Crippen LogP contribution is 2.27. The smallest absolute Gasteiger partial charge is 0.283 e. The molecule has 0 aromatic heterocycles. The van der Waals surface area contributed by atoms with Crippen LogP contribution in [0.4, 0.5) is 5.69 Å². The molecule has 1 saturated carbocycles. The normalized spacial score (nSPS) is 23.2. The fourth-order valence-electron chi connectivity index (χ4n) is 2.46. The summed E-state index contributed by atoms with van der Waals surface area (Å²) in [5, 5.41) is 14.3. The van der Waals surface area contributed by atoms with Crippen LogP contribution in [0.15, 0.2) is 22.7 Å². The molecule has 1 aliphatic rings. The second-order valence-corrected chi connectivity index (χ2v) is 5.89. The topological polar surface area (TPSA) is 55.2 Å². The lowest BCUT2D eigenvalue weighted by molar-refractivity contribution is -0.385. The Morgan fingerprint density at radius 1 is 1.50 bits per heavy atom. The fourth-order valence-corrected chi connectivity index (χ4v) is 2.85. The Morgan fingerprint density at radius 3 is 2.89 bits per heavy atom. The van der Waals surface area contributed by atoms with Gasteiger partial charge >= 0.3 is 0 Å². The summed E-state index contributed by atoms with van der Waals surface area (Å²) in [7, 11) is 0. The van der Waals surface area contributed by atoms with Gasteiger partial charge in [0.15, 0.2) is 0 Å². The van der Waals surface area contributed by atoms with E-state index in [0.29, 0.717) is 17.1 Å². The molecule has 18 heavy (non-hydrogen) atoms. The van der Waals surface area contributed by atoms with Crippen LogP contribution < -0.4 is 5.32 Å². The number of nitro groups is 1. The van der Waals surface area contributed by atoms with Gasteiger partial charge in [-0.3, -0.25) is 10.1 Å². The lowest BCUT2D eigenvalue weighted by Crippen LogP contribution is -2.25. The lowest BCUT2D eigenvalue weighted by atomic mass is 10.1. The minimum atomic E-state index is -0.356. The molecule has 5 heteroatoms. The zero-order valence-corrected chi connectivity index (χ0v) is 11.9. The summed E-state index contributed by atoms with van der Waals surface area (Å²) in [5.41, 5.74) is 1.10. The maximum atomic E-state index is 10.8. The number of hydrogen-bond acceptors (Lipinski definition) is 3. The number of halogens is 1. The number of nitro benzene ring substituents is 1. The van der Waals surface area contributed by atoms with Crippen molar-refractivity contribution >= 4 is 21.6 Å². The quantitative estimate of drug-likeness (QED) is 0.682. The number of rotatable bonds is 4. The summed E-state index contributed by atoms with van der Waals surface area (Å²) in [6.07, 6.45) is 3.69. The van der Waals surface area contributed by atoms with E-state index >= 15 is 0 Å². The van der Waals surface area contributed by atoms with Crippen molar-refractivity contribution in [3.8, 4) is 0 Å². The van der Waals surface area contributed by atoms with Crippen LogP contribution in [-0.2, 0) is 6.54 Å². The number of benzene rings is 1. The van der Waals surface area contributed by atoms with Gasteiger partial charge < -0.3 is 5.32 Å². The Balaban J connectivity index is 1.97. The molecule has 0 saturated heterocycles. The molecule has 1 aromatic carbocycles. The molecule has 1 fully saturated rings. The van der Waals surface area contributed by atoms with Crippen molar-refractivity contribution in [3.63, 3.8) is 0 Å². The SMILES string of the molecule is CC1CCC(NCc2ccc(Br)c([N+](=O)[O-])c2)C1. The minimum absolute atomic E-state index is 0.133. The van der Waals surface area contributed by atoms with Crippen molar-refractivity contribution < 1.29 is 4.92 Å². The van der Waals surface area contributed by atoms with Crippen LogP contribution in [0.2, 0.25) is 0 Å². The minimum Gasteiger partial charge on any atom is -0.310 e. The molecule has 2 unspecified atom stereocenters. The lowest BCUT2D eigenvalue weighted by Gasteiger charge is -2.12. The molecule has 0 amide bonds. The van der Waals surface area contributed by atoms with E-state index in [9.17, 15) is 10.1 Å². The third-order valence-corrected chi connectivity index (χ3v) is 4.17. The first-order chi connectivity index (χ1) is 8.56. The maximum absolute atomic E-state index is 10.8. The Kier molecular flexibility index (Phi) is 4.35. The van der Waals surface area contributed by atoms with E-state index < -0.39 is 0 Å². The van der Waals surface area contributed by atoms with E-state index in [1.54, 1.807) is 12.1 Å². The van der Waals surface area contributed by atoms with Crippen molar-refractivity contribution in [2.75, 3.05) is 0 Å². The monoisotopic (exact) mass is 312 g/mol. The summed E-state index contributed by atoms with van der Waals surface area (Å²) in [4.78, 5) is 10.5. The van der Waals surface area contributed by atoms with Crippen molar-refractivity contribution in [1.29, 1.82) is 0 Å². The van der Waals surface area contributed by atoms with Gasteiger partial charge in [-0.15, -0.1) is 0 Å². The molecule has 0 aliphatic heterocycles. The highest BCUT2D eigenvalue weighted by Gasteiger charge is 2.20. The van der Waals surface area contributed by atoms with E-state index in [1.165, 1.54) is 19.3 Å². The van der Waals surface area contributed by atoms with Crippen molar-refractivity contribution in [1.82, 2.24) is 5.32 Å². The van der Waals surface area contributed by atoms with Gasteiger partial charge in [0.2, 0.25) is 0 Å². The summed E-state index contributed by atoms with van der Waals surface area (Å²) in [6, 6.07) is 5.85. The van der Waals surface area contributed by atoms with E-state index in [0.717, 1.165) is 11.5 Å². The van der Waals surface area contributed by atoms with E-state index in [1.807, 2.05) is 6.07 Å². The van der Waals surface area contributed by atoms with Gasteiger partial charge in [-0.2, -0.15) is 0 Å². The first-order valence-electron chi connectivity index (χ1n) is 6.22. The largest absolute Gasteiger partial charge is 0.310 e. The first kappa shape index (κ1) is 13.5. The Hall–Kier alpha value is -0.940. The van der Waals surface area contributed by atoms with Gasteiger partial charge in [-0.25, -0.2) is 0 Å². The van der Waals surface area contributed by atoms with Crippen LogP contribution in [-0.4, -0.2) is 11.0 Å². The molecule has 1 aliphatic carbocycles. The summed E-state index contributed by atoms with van der Waals surface area (Å²) in [6.45, 7) is 2.97. The zero-order chi connectivity index (χ0) is 13.1. The second-order valence-electron chi connectivity index (χ2n) is 5.04. The number of nitrogens with one attached hydrogen (secondary N) is 1. The van der Waals surface area contributed by atoms with Crippen LogP contribution in [0.1, 0.15) is 31.7 Å². The molecule has 0 radical (unpaired) electrons. The molecule has 0 bridgehead atoms. The molecular weight excluding hydrogens is 296 g/mol. The van der Waals surface area contributed by atoms with E-state index in [2.05, 4.69) is 28.2 Å². The Bertz CT molecular complexity index is 451. The average molecular weight is 313 g/mol. The third-order valence-electron chi connectivity index (χ3n) is 3.50. The molecule has 1 N–H and O–H groups in total. The number of hydrogen-bond donors (Lipinski definition) is 1. The predicted octanol–water partition coefficient (Wildman–Crippen LogP) is 3.64. The number of nitrogens with zero attached hydrogens (tertiary/aromatic N) is 1. The molecule has 4 nitrogen and oxygen atoms in total.